The lowest BCUT2D eigenvalue weighted by Gasteiger charge is -2.19. The lowest BCUT2D eigenvalue weighted by atomic mass is 10.0. The third-order valence-electron chi connectivity index (χ3n) is 5.92. The Hall–Kier alpha value is -3.59. The highest BCUT2D eigenvalue weighted by Gasteiger charge is 2.46. The van der Waals surface area contributed by atoms with E-state index in [0.29, 0.717) is 29.5 Å². The van der Waals surface area contributed by atoms with Crippen molar-refractivity contribution >= 4 is 26.6 Å². The van der Waals surface area contributed by atoms with Crippen LogP contribution in [0.2, 0.25) is 0 Å². The van der Waals surface area contributed by atoms with E-state index < -0.39 is 15.4 Å². The second-order valence-electron chi connectivity index (χ2n) is 8.47. The average Bonchev–Trinajstić information content (AvgIpc) is 3.44. The van der Waals surface area contributed by atoms with Gasteiger partial charge in [-0.15, -0.1) is 0 Å². The number of carbonyl (C=O) groups excluding carboxylic acids is 1. The van der Waals surface area contributed by atoms with Gasteiger partial charge in [0.2, 0.25) is 0 Å². The van der Waals surface area contributed by atoms with E-state index in [-0.39, 0.29) is 16.8 Å². The number of hydrogen-bond donors (Lipinski definition) is 1. The predicted molar refractivity (Wildman–Crippen MR) is 121 cm³/mol. The van der Waals surface area contributed by atoms with Gasteiger partial charge in [0, 0.05) is 17.8 Å². The summed E-state index contributed by atoms with van der Waals surface area (Å²) < 4.78 is 38.9. The zero-order valence-corrected chi connectivity index (χ0v) is 18.9. The first kappa shape index (κ1) is 21.3. The Kier molecular flexibility index (Phi) is 4.82. The molecule has 1 fully saturated rings. The number of pyridine rings is 1. The van der Waals surface area contributed by atoms with Crippen LogP contribution in [0, 0.1) is 12.7 Å². The van der Waals surface area contributed by atoms with Crippen LogP contribution in [0.5, 0.6) is 0 Å². The minimum atomic E-state index is -3.46. The van der Waals surface area contributed by atoms with E-state index in [1.54, 1.807) is 35.1 Å². The zero-order chi connectivity index (χ0) is 23.4. The number of amides is 1. The van der Waals surface area contributed by atoms with Gasteiger partial charge in [0.05, 0.1) is 28.5 Å². The molecule has 0 unspecified atom stereocenters. The Labute approximate surface area is 190 Å². The van der Waals surface area contributed by atoms with Crippen LogP contribution < -0.4 is 5.32 Å². The van der Waals surface area contributed by atoms with Gasteiger partial charge in [-0.25, -0.2) is 22.5 Å². The summed E-state index contributed by atoms with van der Waals surface area (Å²) in [6.45, 7) is 1.90. The summed E-state index contributed by atoms with van der Waals surface area (Å²) in [5.41, 5.74) is 2.87. The van der Waals surface area contributed by atoms with E-state index >= 15 is 0 Å². The molecule has 2 aromatic carbocycles. The molecular weight excluding hydrogens is 443 g/mol. The molecule has 1 amide bonds. The molecule has 0 bridgehead atoms. The van der Waals surface area contributed by atoms with Crippen molar-refractivity contribution in [2.75, 3.05) is 6.26 Å². The molecule has 1 aliphatic rings. The highest BCUT2D eigenvalue weighted by molar-refractivity contribution is 7.90. The fraction of sp³-hybridized carbons (Fsp3) is 0.208. The standard InChI is InChI=1S/C24H21FN4O3S/c1-15-11-19(20-14-27-29(21(20)12-15)18-5-3-17(25)4-6-18)23(30)28-24(8-9-24)16-7-10-26-22(13-16)33(2,31)32/h3-7,10-14H,8-9H2,1-2H3,(H,28,30). The largest absolute Gasteiger partial charge is 0.342 e. The van der Waals surface area contributed by atoms with Crippen LogP contribution >= 0.6 is 0 Å². The molecule has 168 valence electrons. The molecule has 1 N–H and O–H groups in total. The maximum absolute atomic E-state index is 13.4. The topological polar surface area (TPSA) is 93.9 Å². The van der Waals surface area contributed by atoms with Crippen molar-refractivity contribution in [1.29, 1.82) is 0 Å². The number of aromatic nitrogens is 3. The minimum absolute atomic E-state index is 0.0148. The van der Waals surface area contributed by atoms with Gasteiger partial charge in [-0.3, -0.25) is 4.79 Å². The normalized spacial score (nSPS) is 14.9. The van der Waals surface area contributed by atoms with Crippen molar-refractivity contribution in [3.8, 4) is 5.69 Å². The molecule has 5 rings (SSSR count). The van der Waals surface area contributed by atoms with Gasteiger partial charge < -0.3 is 5.32 Å². The van der Waals surface area contributed by atoms with Gasteiger partial charge in [-0.2, -0.15) is 5.10 Å². The smallest absolute Gasteiger partial charge is 0.252 e. The predicted octanol–water partition coefficient (Wildman–Crippen LogP) is 3.69. The number of nitrogens with zero attached hydrogens (tertiary/aromatic N) is 3. The molecule has 0 aliphatic heterocycles. The highest BCUT2D eigenvalue weighted by Crippen LogP contribution is 2.46. The number of sulfone groups is 1. The Balaban J connectivity index is 1.51. The molecule has 4 aromatic rings. The van der Waals surface area contributed by atoms with E-state index in [1.165, 1.54) is 24.4 Å². The van der Waals surface area contributed by atoms with E-state index in [0.717, 1.165) is 22.9 Å². The van der Waals surface area contributed by atoms with E-state index in [2.05, 4.69) is 15.4 Å². The van der Waals surface area contributed by atoms with Gasteiger partial charge in [0.25, 0.3) is 5.91 Å². The first-order chi connectivity index (χ1) is 15.7. The average molecular weight is 465 g/mol. The molecule has 0 atom stereocenters. The SMILES string of the molecule is Cc1cc(C(=O)NC2(c3ccnc(S(C)(=O)=O)c3)CC2)c2cnn(-c3ccc(F)cc3)c2c1. The van der Waals surface area contributed by atoms with Gasteiger partial charge in [-0.1, -0.05) is 0 Å². The van der Waals surface area contributed by atoms with Crippen molar-refractivity contribution in [2.24, 2.45) is 0 Å². The Morgan fingerprint density at radius 2 is 1.85 bits per heavy atom. The lowest BCUT2D eigenvalue weighted by molar-refractivity contribution is 0.0932. The summed E-state index contributed by atoms with van der Waals surface area (Å²) in [6.07, 6.45) is 5.60. The monoisotopic (exact) mass is 464 g/mol. The summed E-state index contributed by atoms with van der Waals surface area (Å²) in [5, 5.41) is 8.19. The number of rotatable bonds is 5. The number of nitrogens with one attached hydrogen (secondary N) is 1. The molecular formula is C24H21FN4O3S. The highest BCUT2D eigenvalue weighted by atomic mass is 32.2. The quantitative estimate of drug-likeness (QED) is 0.486. The number of fused-ring (bicyclic) bond motifs is 1. The summed E-state index contributed by atoms with van der Waals surface area (Å²) in [6, 6.07) is 13.0. The van der Waals surface area contributed by atoms with Crippen LogP contribution in [-0.2, 0) is 15.4 Å². The molecule has 7 nitrogen and oxygen atoms in total. The molecule has 9 heteroatoms. The molecule has 2 aromatic heterocycles. The van der Waals surface area contributed by atoms with E-state index in [4.69, 9.17) is 0 Å². The number of carbonyl (C=O) groups is 1. The first-order valence-electron chi connectivity index (χ1n) is 10.4. The van der Waals surface area contributed by atoms with Gasteiger partial charge in [0.1, 0.15) is 5.82 Å². The van der Waals surface area contributed by atoms with Crippen LogP contribution in [0.25, 0.3) is 16.6 Å². The zero-order valence-electron chi connectivity index (χ0n) is 18.0. The van der Waals surface area contributed by atoms with Crippen LogP contribution in [0.1, 0.15) is 34.3 Å². The van der Waals surface area contributed by atoms with Crippen LogP contribution in [0.15, 0.2) is 66.0 Å². The third-order valence-corrected chi connectivity index (χ3v) is 6.90. The molecule has 1 saturated carbocycles. The lowest BCUT2D eigenvalue weighted by Crippen LogP contribution is -2.35. The van der Waals surface area contributed by atoms with Crippen molar-refractivity contribution in [2.45, 2.75) is 30.3 Å². The molecule has 1 aliphatic carbocycles. The van der Waals surface area contributed by atoms with E-state index in [9.17, 15) is 17.6 Å². The minimum Gasteiger partial charge on any atom is -0.342 e. The van der Waals surface area contributed by atoms with Gasteiger partial charge >= 0.3 is 0 Å². The maximum Gasteiger partial charge on any atom is 0.252 e. The van der Waals surface area contributed by atoms with Crippen LogP contribution in [-0.4, -0.2) is 35.3 Å². The summed E-state index contributed by atoms with van der Waals surface area (Å²) in [5.74, 6) is -0.603. The Morgan fingerprint density at radius 3 is 2.52 bits per heavy atom. The van der Waals surface area contributed by atoms with Crippen LogP contribution in [0.4, 0.5) is 4.39 Å². The summed E-state index contributed by atoms with van der Waals surface area (Å²) in [4.78, 5) is 17.3. The van der Waals surface area contributed by atoms with Crippen molar-refractivity contribution in [3.05, 3.63) is 83.4 Å². The third kappa shape index (κ3) is 3.89. The number of halogens is 1. The number of benzene rings is 2. The molecule has 33 heavy (non-hydrogen) atoms. The summed E-state index contributed by atoms with van der Waals surface area (Å²) in [7, 11) is -3.46. The van der Waals surface area contributed by atoms with Crippen molar-refractivity contribution in [3.63, 3.8) is 0 Å². The molecule has 0 saturated heterocycles. The first-order valence-corrected chi connectivity index (χ1v) is 12.3. The number of aryl methyl sites for hydroxylation is 1. The van der Waals surface area contributed by atoms with Crippen molar-refractivity contribution in [1.82, 2.24) is 20.1 Å². The maximum atomic E-state index is 13.4. The van der Waals surface area contributed by atoms with E-state index in [1.807, 2.05) is 13.0 Å². The summed E-state index contributed by atoms with van der Waals surface area (Å²) >= 11 is 0. The molecule has 0 radical (unpaired) electrons. The van der Waals surface area contributed by atoms with Gasteiger partial charge in [-0.05, 0) is 79.4 Å². The second-order valence-corrected chi connectivity index (χ2v) is 10.4. The number of hydrogen-bond acceptors (Lipinski definition) is 5. The molecule has 0 spiro atoms. The van der Waals surface area contributed by atoms with Crippen LogP contribution in [0.3, 0.4) is 0 Å². The van der Waals surface area contributed by atoms with Crippen molar-refractivity contribution < 1.29 is 17.6 Å². The fourth-order valence-corrected chi connectivity index (χ4v) is 4.64. The Bertz CT molecular complexity index is 1510. The van der Waals surface area contributed by atoms with Gasteiger partial charge in [0.15, 0.2) is 14.9 Å². The Morgan fingerprint density at radius 1 is 1.12 bits per heavy atom. The fourth-order valence-electron chi connectivity index (χ4n) is 4.05. The molecule has 2 heterocycles. The second kappa shape index (κ2) is 7.48.